The fourth-order valence-electron chi connectivity index (χ4n) is 2.50. The van der Waals surface area contributed by atoms with Crippen molar-refractivity contribution in [3.63, 3.8) is 0 Å². The molecule has 114 valence electrons. The Kier molecular flexibility index (Phi) is 3.11. The Hall–Kier alpha value is -1.79. The number of ether oxygens (including phenoxy) is 3. The molecule has 1 aromatic carbocycles. The Bertz CT molecular complexity index is 587. The van der Waals surface area contributed by atoms with Crippen molar-refractivity contribution < 1.29 is 19.0 Å². The summed E-state index contributed by atoms with van der Waals surface area (Å²) in [7, 11) is 0. The average Bonchev–Trinajstić information content (AvgIpc) is 2.88. The van der Waals surface area contributed by atoms with Gasteiger partial charge in [-0.25, -0.2) is 0 Å². The molecule has 0 saturated carbocycles. The Labute approximate surface area is 123 Å². The number of benzene rings is 1. The summed E-state index contributed by atoms with van der Waals surface area (Å²) >= 11 is 0. The lowest BCUT2D eigenvalue weighted by Gasteiger charge is -2.25. The third-order valence-corrected chi connectivity index (χ3v) is 3.95. The van der Waals surface area contributed by atoms with Gasteiger partial charge in [0.25, 0.3) is 0 Å². The topological polar surface area (TPSA) is 82.8 Å². The number of hydrogen-bond donors (Lipinski definition) is 2. The van der Waals surface area contributed by atoms with Gasteiger partial charge in [-0.15, -0.1) is 0 Å². The fourth-order valence-corrected chi connectivity index (χ4v) is 2.50. The van der Waals surface area contributed by atoms with Gasteiger partial charge in [0.05, 0.1) is 18.6 Å². The number of hydrogen-bond acceptors (Lipinski definition) is 5. The minimum absolute atomic E-state index is 0.148. The minimum Gasteiger partial charge on any atom is -0.449 e. The summed E-state index contributed by atoms with van der Waals surface area (Å²) in [4.78, 5) is 12.4. The van der Waals surface area contributed by atoms with Crippen molar-refractivity contribution in [3.05, 3.63) is 18.2 Å². The van der Waals surface area contributed by atoms with Gasteiger partial charge in [0, 0.05) is 31.6 Å². The number of fused-ring (bicyclic) bond motifs is 1. The maximum absolute atomic E-state index is 12.4. The largest absolute Gasteiger partial charge is 0.449 e. The molecular formula is C15H20N2O4. The second-order valence-electron chi connectivity index (χ2n) is 6.26. The molecule has 2 aliphatic heterocycles. The van der Waals surface area contributed by atoms with E-state index in [9.17, 15) is 4.79 Å². The van der Waals surface area contributed by atoms with E-state index >= 15 is 0 Å². The molecule has 1 fully saturated rings. The van der Waals surface area contributed by atoms with Crippen molar-refractivity contribution in [3.8, 4) is 11.5 Å². The molecule has 21 heavy (non-hydrogen) atoms. The van der Waals surface area contributed by atoms with E-state index in [1.807, 2.05) is 20.8 Å². The Morgan fingerprint density at radius 2 is 2.00 bits per heavy atom. The lowest BCUT2D eigenvalue weighted by Crippen LogP contribution is -2.47. The molecule has 1 aromatic rings. The lowest BCUT2D eigenvalue weighted by molar-refractivity contribution is -0.125. The quantitative estimate of drug-likeness (QED) is 0.863. The van der Waals surface area contributed by atoms with Crippen LogP contribution in [-0.4, -0.2) is 30.9 Å². The SMILES string of the molecule is CC1(C)Oc2ccc(NC(=O)C3(C)COCC3N)cc2O1. The minimum atomic E-state index is -0.713. The molecule has 6 heteroatoms. The van der Waals surface area contributed by atoms with Crippen molar-refractivity contribution in [2.75, 3.05) is 18.5 Å². The third kappa shape index (κ3) is 2.45. The van der Waals surface area contributed by atoms with Crippen LogP contribution in [0.25, 0.3) is 0 Å². The van der Waals surface area contributed by atoms with Gasteiger partial charge in [-0.1, -0.05) is 0 Å². The molecule has 3 rings (SSSR count). The van der Waals surface area contributed by atoms with Gasteiger partial charge in [-0.3, -0.25) is 4.79 Å². The van der Waals surface area contributed by atoms with Crippen LogP contribution in [0.1, 0.15) is 20.8 Å². The van der Waals surface area contributed by atoms with Gasteiger partial charge in [0.2, 0.25) is 11.7 Å². The molecule has 2 atom stereocenters. The number of nitrogens with two attached hydrogens (primary N) is 1. The zero-order valence-corrected chi connectivity index (χ0v) is 12.4. The molecule has 2 heterocycles. The summed E-state index contributed by atoms with van der Waals surface area (Å²) in [6.07, 6.45) is 0. The first kappa shape index (κ1) is 14.2. The molecule has 1 amide bonds. The molecule has 0 radical (unpaired) electrons. The average molecular weight is 292 g/mol. The maximum Gasteiger partial charge on any atom is 0.246 e. The highest BCUT2D eigenvalue weighted by Gasteiger charge is 2.44. The Morgan fingerprint density at radius 1 is 1.29 bits per heavy atom. The van der Waals surface area contributed by atoms with Crippen molar-refractivity contribution in [1.82, 2.24) is 0 Å². The van der Waals surface area contributed by atoms with E-state index < -0.39 is 11.2 Å². The van der Waals surface area contributed by atoms with Gasteiger partial charge in [-0.2, -0.15) is 0 Å². The van der Waals surface area contributed by atoms with Gasteiger partial charge in [-0.05, 0) is 19.1 Å². The molecule has 1 saturated heterocycles. The van der Waals surface area contributed by atoms with Crippen LogP contribution < -0.4 is 20.5 Å². The zero-order chi connectivity index (χ0) is 15.3. The number of carbonyl (C=O) groups excluding carboxylic acids is 1. The highest BCUT2D eigenvalue weighted by atomic mass is 16.7. The predicted molar refractivity (Wildman–Crippen MR) is 77.3 cm³/mol. The van der Waals surface area contributed by atoms with E-state index in [-0.39, 0.29) is 11.9 Å². The highest BCUT2D eigenvalue weighted by molar-refractivity contribution is 5.96. The monoisotopic (exact) mass is 292 g/mol. The summed E-state index contributed by atoms with van der Waals surface area (Å²) in [5, 5.41) is 2.88. The van der Waals surface area contributed by atoms with E-state index in [0.29, 0.717) is 30.4 Å². The summed E-state index contributed by atoms with van der Waals surface area (Å²) < 4.78 is 16.6. The van der Waals surface area contributed by atoms with Crippen LogP contribution in [0.3, 0.4) is 0 Å². The van der Waals surface area contributed by atoms with Gasteiger partial charge >= 0.3 is 0 Å². The second-order valence-corrected chi connectivity index (χ2v) is 6.26. The van der Waals surface area contributed by atoms with Gasteiger partial charge < -0.3 is 25.3 Å². The molecule has 0 bridgehead atoms. The summed E-state index contributed by atoms with van der Waals surface area (Å²) in [6, 6.07) is 5.02. The van der Waals surface area contributed by atoms with Crippen LogP contribution in [0.4, 0.5) is 5.69 Å². The molecule has 0 aromatic heterocycles. The Morgan fingerprint density at radius 3 is 2.67 bits per heavy atom. The van der Waals surface area contributed by atoms with Gasteiger partial charge in [0.15, 0.2) is 11.5 Å². The van der Waals surface area contributed by atoms with E-state index in [4.69, 9.17) is 19.9 Å². The first-order chi connectivity index (χ1) is 9.80. The first-order valence-electron chi connectivity index (χ1n) is 6.97. The summed E-state index contributed by atoms with van der Waals surface area (Å²) in [5.41, 5.74) is 5.90. The number of rotatable bonds is 2. The standard InChI is InChI=1S/C15H20N2O4/c1-14(2)20-10-5-4-9(6-11(10)21-14)17-13(18)15(3)8-19-7-12(15)16/h4-6,12H,7-8,16H2,1-3H3,(H,17,18). The molecule has 3 N–H and O–H groups in total. The molecule has 0 spiro atoms. The highest BCUT2D eigenvalue weighted by Crippen LogP contribution is 2.41. The van der Waals surface area contributed by atoms with Crippen molar-refractivity contribution >= 4 is 11.6 Å². The molecule has 0 aliphatic carbocycles. The van der Waals surface area contributed by atoms with Crippen LogP contribution in [0.15, 0.2) is 18.2 Å². The van der Waals surface area contributed by atoms with Crippen LogP contribution in [0, 0.1) is 5.41 Å². The van der Waals surface area contributed by atoms with E-state index in [1.165, 1.54) is 0 Å². The van der Waals surface area contributed by atoms with Crippen LogP contribution in [0.5, 0.6) is 11.5 Å². The smallest absolute Gasteiger partial charge is 0.246 e. The first-order valence-corrected chi connectivity index (χ1v) is 6.97. The van der Waals surface area contributed by atoms with E-state index in [2.05, 4.69) is 5.32 Å². The van der Waals surface area contributed by atoms with Crippen molar-refractivity contribution in [2.45, 2.75) is 32.6 Å². The zero-order valence-electron chi connectivity index (χ0n) is 12.4. The third-order valence-electron chi connectivity index (χ3n) is 3.95. The van der Waals surface area contributed by atoms with Crippen molar-refractivity contribution in [1.29, 1.82) is 0 Å². The maximum atomic E-state index is 12.4. The van der Waals surface area contributed by atoms with E-state index in [1.54, 1.807) is 18.2 Å². The molecular weight excluding hydrogens is 272 g/mol. The lowest BCUT2D eigenvalue weighted by atomic mass is 9.85. The summed E-state index contributed by atoms with van der Waals surface area (Å²) in [5.74, 6) is 0.462. The molecule has 6 nitrogen and oxygen atoms in total. The number of carbonyl (C=O) groups is 1. The fraction of sp³-hybridized carbons (Fsp3) is 0.533. The van der Waals surface area contributed by atoms with Gasteiger partial charge in [0.1, 0.15) is 0 Å². The predicted octanol–water partition coefficient (Wildman–Crippen LogP) is 1.50. The number of nitrogens with one attached hydrogen (secondary N) is 1. The van der Waals surface area contributed by atoms with Crippen LogP contribution in [0.2, 0.25) is 0 Å². The van der Waals surface area contributed by atoms with Crippen LogP contribution >= 0.6 is 0 Å². The number of amides is 1. The normalized spacial score (nSPS) is 29.4. The second kappa shape index (κ2) is 4.61. The number of anilines is 1. The summed E-state index contributed by atoms with van der Waals surface area (Å²) in [6.45, 7) is 6.22. The van der Waals surface area contributed by atoms with Crippen LogP contribution in [-0.2, 0) is 9.53 Å². The molecule has 2 aliphatic rings. The molecule has 2 unspecified atom stereocenters. The van der Waals surface area contributed by atoms with E-state index in [0.717, 1.165) is 0 Å². The Balaban J connectivity index is 1.76. The van der Waals surface area contributed by atoms with Crippen molar-refractivity contribution in [2.24, 2.45) is 11.1 Å².